The van der Waals surface area contributed by atoms with E-state index in [9.17, 15) is 14.4 Å². The summed E-state index contributed by atoms with van der Waals surface area (Å²) in [4.78, 5) is 38.7. The number of aromatic nitrogens is 2. The lowest BCUT2D eigenvalue weighted by molar-refractivity contribution is -0.137. The van der Waals surface area contributed by atoms with E-state index in [0.717, 1.165) is 5.69 Å². The van der Waals surface area contributed by atoms with Gasteiger partial charge in [0.05, 0.1) is 54.6 Å². The number of anilines is 1. The van der Waals surface area contributed by atoms with E-state index < -0.39 is 0 Å². The zero-order valence-electron chi connectivity index (χ0n) is 21.0. The zero-order valence-corrected chi connectivity index (χ0v) is 21.8. The Labute approximate surface area is 219 Å². The van der Waals surface area contributed by atoms with Gasteiger partial charge in [-0.2, -0.15) is 5.10 Å². The summed E-state index contributed by atoms with van der Waals surface area (Å²) in [5, 5.41) is 10.1. The van der Waals surface area contributed by atoms with Gasteiger partial charge in [-0.3, -0.25) is 19.4 Å². The molecule has 0 bridgehead atoms. The van der Waals surface area contributed by atoms with E-state index in [2.05, 4.69) is 10.4 Å². The van der Waals surface area contributed by atoms with Crippen LogP contribution >= 0.6 is 11.8 Å². The lowest BCUT2D eigenvalue weighted by Crippen LogP contribution is -2.45. The molecule has 0 saturated carbocycles. The number of hydrazine groups is 1. The second kappa shape index (κ2) is 11.8. The number of hydrogen-bond acceptors (Lipinski definition) is 7. The number of hydrogen-bond donors (Lipinski definition) is 1. The Kier molecular flexibility index (Phi) is 8.34. The normalized spacial score (nSPS) is 12.9. The summed E-state index contributed by atoms with van der Waals surface area (Å²) >= 11 is 1.18. The molecule has 1 aliphatic heterocycles. The van der Waals surface area contributed by atoms with E-state index in [4.69, 9.17) is 9.47 Å². The SMILES string of the molecule is COc1ccc(OC)c(NC(=O)CSCC(=O)N2CCCN2C(=O)c2cnn(-c3ccccc3)c2C)c1. The number of thioether (sulfide) groups is 1. The third-order valence-corrected chi connectivity index (χ3v) is 6.85. The molecule has 3 amide bonds. The van der Waals surface area contributed by atoms with Crippen LogP contribution in [0.15, 0.2) is 54.7 Å². The number of rotatable bonds is 9. The second-order valence-corrected chi connectivity index (χ2v) is 9.28. The van der Waals surface area contributed by atoms with Gasteiger partial charge in [0.25, 0.3) is 11.8 Å². The highest BCUT2D eigenvalue weighted by molar-refractivity contribution is 8.00. The summed E-state index contributed by atoms with van der Waals surface area (Å²) in [7, 11) is 3.06. The quantitative estimate of drug-likeness (QED) is 0.459. The molecule has 194 valence electrons. The fourth-order valence-corrected chi connectivity index (χ4v) is 4.76. The van der Waals surface area contributed by atoms with Gasteiger partial charge in [0.1, 0.15) is 11.5 Å². The highest BCUT2D eigenvalue weighted by Gasteiger charge is 2.33. The predicted molar refractivity (Wildman–Crippen MR) is 141 cm³/mol. The molecular weight excluding hydrogens is 494 g/mol. The van der Waals surface area contributed by atoms with Crippen molar-refractivity contribution in [2.24, 2.45) is 0 Å². The van der Waals surface area contributed by atoms with E-state index >= 15 is 0 Å². The van der Waals surface area contributed by atoms with Crippen molar-refractivity contribution >= 4 is 35.2 Å². The Morgan fingerprint density at radius 3 is 2.49 bits per heavy atom. The number of amides is 3. The van der Waals surface area contributed by atoms with Gasteiger partial charge in [-0.15, -0.1) is 11.8 Å². The van der Waals surface area contributed by atoms with Crippen LogP contribution in [-0.4, -0.2) is 76.3 Å². The number of ether oxygens (including phenoxy) is 2. The number of carbonyl (C=O) groups excluding carboxylic acids is 3. The molecule has 1 saturated heterocycles. The van der Waals surface area contributed by atoms with Crippen molar-refractivity contribution in [2.45, 2.75) is 13.3 Å². The Hall–Kier alpha value is -3.99. The van der Waals surface area contributed by atoms with Gasteiger partial charge in [0.2, 0.25) is 5.91 Å². The van der Waals surface area contributed by atoms with Crippen LogP contribution in [0.5, 0.6) is 11.5 Å². The molecule has 0 radical (unpaired) electrons. The fourth-order valence-electron chi connectivity index (χ4n) is 4.07. The van der Waals surface area contributed by atoms with Crippen molar-refractivity contribution < 1.29 is 23.9 Å². The molecule has 1 fully saturated rings. The van der Waals surface area contributed by atoms with Gasteiger partial charge in [-0.05, 0) is 37.6 Å². The van der Waals surface area contributed by atoms with Crippen molar-refractivity contribution in [2.75, 3.05) is 44.1 Å². The topological polar surface area (TPSA) is 106 Å². The highest BCUT2D eigenvalue weighted by atomic mass is 32.2. The number of benzene rings is 2. The molecule has 1 aromatic heterocycles. The maximum atomic E-state index is 13.3. The first-order valence-corrected chi connectivity index (χ1v) is 12.9. The Morgan fingerprint density at radius 2 is 1.76 bits per heavy atom. The molecule has 4 rings (SSSR count). The van der Waals surface area contributed by atoms with Crippen molar-refractivity contribution in [3.05, 3.63) is 66.0 Å². The van der Waals surface area contributed by atoms with Gasteiger partial charge in [0, 0.05) is 19.2 Å². The summed E-state index contributed by atoms with van der Waals surface area (Å²) < 4.78 is 12.2. The maximum absolute atomic E-state index is 13.3. The summed E-state index contributed by atoms with van der Waals surface area (Å²) in [5.41, 5.74) is 2.49. The van der Waals surface area contributed by atoms with E-state index in [1.54, 1.807) is 22.9 Å². The third-order valence-electron chi connectivity index (χ3n) is 5.93. The van der Waals surface area contributed by atoms with Crippen LogP contribution in [0.1, 0.15) is 22.5 Å². The Balaban J connectivity index is 1.34. The van der Waals surface area contributed by atoms with Gasteiger partial charge in [-0.25, -0.2) is 9.69 Å². The maximum Gasteiger partial charge on any atom is 0.275 e. The molecule has 0 aliphatic carbocycles. The minimum Gasteiger partial charge on any atom is -0.497 e. The first-order chi connectivity index (χ1) is 17.9. The van der Waals surface area contributed by atoms with Crippen LogP contribution in [0.2, 0.25) is 0 Å². The van der Waals surface area contributed by atoms with Gasteiger partial charge < -0.3 is 14.8 Å². The summed E-state index contributed by atoms with van der Waals surface area (Å²) in [6.07, 6.45) is 2.22. The number of nitrogens with zero attached hydrogens (tertiary/aromatic N) is 4. The average molecular weight is 524 g/mol. The lowest BCUT2D eigenvalue weighted by atomic mass is 10.2. The van der Waals surface area contributed by atoms with Gasteiger partial charge in [-0.1, -0.05) is 18.2 Å². The van der Waals surface area contributed by atoms with Crippen molar-refractivity contribution in [3.8, 4) is 17.2 Å². The first-order valence-electron chi connectivity index (χ1n) is 11.7. The monoisotopic (exact) mass is 523 g/mol. The number of methoxy groups -OCH3 is 2. The summed E-state index contributed by atoms with van der Waals surface area (Å²) in [6.45, 7) is 2.73. The first kappa shape index (κ1) is 26.1. The molecule has 2 heterocycles. The molecule has 0 atom stereocenters. The Bertz CT molecular complexity index is 1280. The van der Waals surface area contributed by atoms with Crippen LogP contribution in [0.25, 0.3) is 5.69 Å². The van der Waals surface area contributed by atoms with Crippen LogP contribution in [0.4, 0.5) is 5.69 Å². The molecular formula is C26H29N5O5S. The molecule has 10 nitrogen and oxygen atoms in total. The van der Waals surface area contributed by atoms with E-state index in [-0.39, 0.29) is 29.2 Å². The average Bonchev–Trinajstić information content (AvgIpc) is 3.56. The summed E-state index contributed by atoms with van der Waals surface area (Å²) in [5.74, 6) is 0.456. The second-order valence-electron chi connectivity index (χ2n) is 8.30. The van der Waals surface area contributed by atoms with Crippen LogP contribution in [0, 0.1) is 6.92 Å². The van der Waals surface area contributed by atoms with Crippen molar-refractivity contribution in [3.63, 3.8) is 0 Å². The third kappa shape index (κ3) is 5.88. The number of para-hydroxylation sites is 1. The zero-order chi connectivity index (χ0) is 26.4. The van der Waals surface area contributed by atoms with Crippen LogP contribution < -0.4 is 14.8 Å². The molecule has 3 aromatic rings. The molecule has 0 spiro atoms. The minimum atomic E-state index is -0.275. The Morgan fingerprint density at radius 1 is 1.00 bits per heavy atom. The van der Waals surface area contributed by atoms with E-state index in [1.165, 1.54) is 42.2 Å². The van der Waals surface area contributed by atoms with Crippen LogP contribution in [-0.2, 0) is 9.59 Å². The van der Waals surface area contributed by atoms with Crippen molar-refractivity contribution in [1.82, 2.24) is 19.8 Å². The summed E-state index contributed by atoms with van der Waals surface area (Å²) in [6, 6.07) is 14.7. The highest BCUT2D eigenvalue weighted by Crippen LogP contribution is 2.29. The smallest absolute Gasteiger partial charge is 0.275 e. The number of nitrogens with one attached hydrogen (secondary N) is 1. The molecule has 1 aliphatic rings. The molecule has 37 heavy (non-hydrogen) atoms. The van der Waals surface area contributed by atoms with Gasteiger partial charge >= 0.3 is 0 Å². The molecule has 11 heteroatoms. The number of carbonyl (C=O) groups is 3. The van der Waals surface area contributed by atoms with E-state index in [0.29, 0.717) is 48.0 Å². The lowest BCUT2D eigenvalue weighted by Gasteiger charge is -2.27. The largest absolute Gasteiger partial charge is 0.497 e. The van der Waals surface area contributed by atoms with Crippen LogP contribution in [0.3, 0.4) is 0 Å². The van der Waals surface area contributed by atoms with Crippen molar-refractivity contribution in [1.29, 1.82) is 0 Å². The van der Waals surface area contributed by atoms with E-state index in [1.807, 2.05) is 37.3 Å². The fraction of sp³-hybridized carbons (Fsp3) is 0.308. The minimum absolute atomic E-state index is 0.0642. The van der Waals surface area contributed by atoms with Gasteiger partial charge in [0.15, 0.2) is 0 Å². The predicted octanol–water partition coefficient (Wildman–Crippen LogP) is 3.16. The molecule has 0 unspecified atom stereocenters. The molecule has 1 N–H and O–H groups in total. The molecule has 2 aromatic carbocycles. The standard InChI is InChI=1S/C26H29N5O5S/c1-18-21(15-27-31(18)19-8-5-4-6-9-19)26(34)30-13-7-12-29(30)25(33)17-37-16-24(32)28-22-14-20(35-2)10-11-23(22)36-3/h4-6,8-11,14-15H,7,12-13,16-17H2,1-3H3,(H,28,32).